The molecule has 9 heteroatoms. The number of nitrogens with one attached hydrogen (secondary N) is 1. The standard InChI is InChI=1S/C20H23N3O3S3/c1-14-10-15(2)12-16(11-14)23-9-8-21-20(23)27-13-18(24)19-5-4-17(28-19)6-7-22-29(3,25)26/h4-5,8-12,22H,6-7,13H2,1-3H3. The molecule has 0 aliphatic rings. The number of rotatable bonds is 9. The van der Waals surface area contributed by atoms with Gasteiger partial charge in [-0.1, -0.05) is 17.8 Å². The Morgan fingerprint density at radius 3 is 2.62 bits per heavy atom. The highest BCUT2D eigenvalue weighted by molar-refractivity contribution is 7.99. The van der Waals surface area contributed by atoms with Gasteiger partial charge in [-0.15, -0.1) is 11.3 Å². The first kappa shape index (κ1) is 21.8. The van der Waals surface area contributed by atoms with E-state index in [1.165, 1.54) is 34.2 Å². The lowest BCUT2D eigenvalue weighted by Gasteiger charge is -2.09. The second-order valence-corrected chi connectivity index (χ2v) is 10.8. The van der Waals surface area contributed by atoms with E-state index in [9.17, 15) is 13.2 Å². The number of sulfonamides is 1. The number of ketones is 1. The minimum Gasteiger partial charge on any atom is -0.295 e. The molecule has 154 valence electrons. The number of aromatic nitrogens is 2. The molecule has 0 radical (unpaired) electrons. The van der Waals surface area contributed by atoms with E-state index in [0.29, 0.717) is 23.6 Å². The second kappa shape index (κ2) is 9.25. The molecular weight excluding hydrogens is 426 g/mol. The first-order valence-electron chi connectivity index (χ1n) is 9.02. The van der Waals surface area contributed by atoms with E-state index in [2.05, 4.69) is 41.8 Å². The van der Waals surface area contributed by atoms with Crippen molar-refractivity contribution >= 4 is 38.9 Å². The van der Waals surface area contributed by atoms with Crippen LogP contribution in [0.25, 0.3) is 5.69 Å². The molecule has 6 nitrogen and oxygen atoms in total. The highest BCUT2D eigenvalue weighted by Crippen LogP contribution is 2.25. The fraction of sp³-hybridized carbons (Fsp3) is 0.300. The SMILES string of the molecule is Cc1cc(C)cc(-n2ccnc2SCC(=O)c2ccc(CCNS(C)(=O)=O)s2)c1. The first-order chi connectivity index (χ1) is 13.7. The summed E-state index contributed by atoms with van der Waals surface area (Å²) in [5, 5.41) is 0.775. The lowest BCUT2D eigenvalue weighted by atomic mass is 10.1. The largest absolute Gasteiger partial charge is 0.295 e. The van der Waals surface area contributed by atoms with Crippen LogP contribution in [0.2, 0.25) is 0 Å². The number of hydrogen-bond donors (Lipinski definition) is 1. The number of imidazole rings is 1. The highest BCUT2D eigenvalue weighted by Gasteiger charge is 2.13. The van der Waals surface area contributed by atoms with Crippen molar-refractivity contribution in [3.05, 3.63) is 63.6 Å². The molecule has 0 amide bonds. The van der Waals surface area contributed by atoms with Crippen LogP contribution >= 0.6 is 23.1 Å². The Bertz CT molecular complexity index is 1100. The highest BCUT2D eigenvalue weighted by atomic mass is 32.2. The van der Waals surface area contributed by atoms with Crippen molar-refractivity contribution in [2.24, 2.45) is 0 Å². The van der Waals surface area contributed by atoms with E-state index in [1.807, 2.05) is 16.8 Å². The van der Waals surface area contributed by atoms with Gasteiger partial charge in [0.2, 0.25) is 10.0 Å². The van der Waals surface area contributed by atoms with Crippen LogP contribution in [0.3, 0.4) is 0 Å². The average molecular weight is 450 g/mol. The van der Waals surface area contributed by atoms with Gasteiger partial charge in [-0.05, 0) is 55.7 Å². The fourth-order valence-electron chi connectivity index (χ4n) is 2.91. The molecule has 0 aliphatic carbocycles. The molecule has 0 spiro atoms. The number of carbonyl (C=O) groups excluding carboxylic acids is 1. The number of Topliss-reactive ketones (excluding diaryl/α,β-unsaturated/α-hetero) is 1. The summed E-state index contributed by atoms with van der Waals surface area (Å²) in [5.41, 5.74) is 3.39. The summed E-state index contributed by atoms with van der Waals surface area (Å²) in [7, 11) is -3.19. The van der Waals surface area contributed by atoms with Gasteiger partial charge in [-0.25, -0.2) is 18.1 Å². The van der Waals surface area contributed by atoms with Crippen LogP contribution < -0.4 is 4.72 Å². The predicted molar refractivity (Wildman–Crippen MR) is 119 cm³/mol. The number of thiophene rings is 1. The summed E-state index contributed by atoms with van der Waals surface area (Å²) in [6.45, 7) is 4.45. The minimum absolute atomic E-state index is 0.0392. The third-order valence-electron chi connectivity index (χ3n) is 4.10. The Balaban J connectivity index is 1.61. The number of nitrogens with zero attached hydrogens (tertiary/aromatic N) is 2. The van der Waals surface area contributed by atoms with Gasteiger partial charge in [0.1, 0.15) is 0 Å². The molecule has 0 bridgehead atoms. The molecule has 0 aliphatic heterocycles. The quantitative estimate of drug-likeness (QED) is 0.399. The van der Waals surface area contributed by atoms with Crippen molar-refractivity contribution in [3.63, 3.8) is 0 Å². The molecular formula is C20H23N3O3S3. The summed E-state index contributed by atoms with van der Waals surface area (Å²) >= 11 is 2.82. The molecule has 29 heavy (non-hydrogen) atoms. The Labute approximate surface area is 179 Å². The van der Waals surface area contributed by atoms with Crippen LogP contribution in [0, 0.1) is 13.8 Å². The van der Waals surface area contributed by atoms with Crippen LogP contribution in [-0.2, 0) is 16.4 Å². The third kappa shape index (κ3) is 6.27. The molecule has 2 heterocycles. The van der Waals surface area contributed by atoms with Crippen molar-refractivity contribution in [1.29, 1.82) is 0 Å². The van der Waals surface area contributed by atoms with Crippen molar-refractivity contribution in [3.8, 4) is 5.69 Å². The lowest BCUT2D eigenvalue weighted by molar-refractivity contribution is 0.102. The topological polar surface area (TPSA) is 81.1 Å². The Morgan fingerprint density at radius 1 is 1.21 bits per heavy atom. The molecule has 3 rings (SSSR count). The molecule has 0 atom stereocenters. The Kier molecular flexibility index (Phi) is 6.94. The van der Waals surface area contributed by atoms with Gasteiger partial charge < -0.3 is 0 Å². The predicted octanol–water partition coefficient (Wildman–Crippen LogP) is 3.62. The van der Waals surface area contributed by atoms with E-state index >= 15 is 0 Å². The molecule has 0 fully saturated rings. The molecule has 0 saturated heterocycles. The Hall–Kier alpha value is -1.94. The molecule has 0 unspecified atom stereocenters. The van der Waals surface area contributed by atoms with Crippen molar-refractivity contribution in [2.75, 3.05) is 18.6 Å². The number of carbonyl (C=O) groups is 1. The third-order valence-corrected chi connectivity index (χ3v) is 6.98. The van der Waals surface area contributed by atoms with Crippen LogP contribution in [0.5, 0.6) is 0 Å². The van der Waals surface area contributed by atoms with E-state index < -0.39 is 10.0 Å². The van der Waals surface area contributed by atoms with Gasteiger partial charge in [-0.2, -0.15) is 0 Å². The van der Waals surface area contributed by atoms with Gasteiger partial charge in [0.05, 0.1) is 16.9 Å². The summed E-state index contributed by atoms with van der Waals surface area (Å²) in [6, 6.07) is 9.99. The van der Waals surface area contributed by atoms with Crippen molar-refractivity contribution in [2.45, 2.75) is 25.4 Å². The van der Waals surface area contributed by atoms with Gasteiger partial charge in [0.15, 0.2) is 10.9 Å². The summed E-state index contributed by atoms with van der Waals surface area (Å²) in [6.07, 6.45) is 5.34. The number of aryl methyl sites for hydroxylation is 2. The van der Waals surface area contributed by atoms with E-state index in [-0.39, 0.29) is 5.78 Å². The maximum Gasteiger partial charge on any atom is 0.208 e. The summed E-state index contributed by atoms with van der Waals surface area (Å²) in [5.74, 6) is 0.334. The van der Waals surface area contributed by atoms with Crippen molar-refractivity contribution < 1.29 is 13.2 Å². The normalized spacial score (nSPS) is 11.7. The van der Waals surface area contributed by atoms with Crippen LogP contribution in [0.15, 0.2) is 47.9 Å². The maximum absolute atomic E-state index is 12.6. The van der Waals surface area contributed by atoms with Gasteiger partial charge in [0.25, 0.3) is 0 Å². The zero-order chi connectivity index (χ0) is 21.0. The van der Waals surface area contributed by atoms with Crippen LogP contribution in [0.4, 0.5) is 0 Å². The lowest BCUT2D eigenvalue weighted by Crippen LogP contribution is -2.23. The summed E-state index contributed by atoms with van der Waals surface area (Å²) < 4.78 is 26.7. The molecule has 1 N–H and O–H groups in total. The van der Waals surface area contributed by atoms with E-state index in [0.717, 1.165) is 22.0 Å². The molecule has 3 aromatic rings. The van der Waals surface area contributed by atoms with Crippen LogP contribution in [0.1, 0.15) is 25.7 Å². The smallest absolute Gasteiger partial charge is 0.208 e. The number of thioether (sulfide) groups is 1. The summed E-state index contributed by atoms with van der Waals surface area (Å²) in [4.78, 5) is 18.6. The van der Waals surface area contributed by atoms with E-state index in [4.69, 9.17) is 0 Å². The average Bonchev–Trinajstić information content (AvgIpc) is 3.27. The van der Waals surface area contributed by atoms with Gasteiger partial charge in [-0.3, -0.25) is 9.36 Å². The number of hydrogen-bond acceptors (Lipinski definition) is 6. The second-order valence-electron chi connectivity index (χ2n) is 6.82. The zero-order valence-electron chi connectivity index (χ0n) is 16.5. The maximum atomic E-state index is 12.6. The van der Waals surface area contributed by atoms with E-state index in [1.54, 1.807) is 12.3 Å². The zero-order valence-corrected chi connectivity index (χ0v) is 19.0. The van der Waals surface area contributed by atoms with Crippen LogP contribution in [-0.4, -0.2) is 42.3 Å². The number of benzene rings is 1. The minimum atomic E-state index is -3.19. The molecule has 1 aromatic carbocycles. The van der Waals surface area contributed by atoms with Gasteiger partial charge >= 0.3 is 0 Å². The first-order valence-corrected chi connectivity index (χ1v) is 12.7. The van der Waals surface area contributed by atoms with Crippen molar-refractivity contribution in [1.82, 2.24) is 14.3 Å². The fourth-order valence-corrected chi connectivity index (χ4v) is 5.27. The molecule has 2 aromatic heterocycles. The monoisotopic (exact) mass is 449 g/mol. The molecule has 0 saturated carbocycles. The van der Waals surface area contributed by atoms with Gasteiger partial charge in [0, 0.05) is 29.5 Å². The Morgan fingerprint density at radius 2 is 1.93 bits per heavy atom.